The van der Waals surface area contributed by atoms with E-state index in [-0.39, 0.29) is 5.95 Å². The highest BCUT2D eigenvalue weighted by Crippen LogP contribution is 2.27. The van der Waals surface area contributed by atoms with Gasteiger partial charge in [-0.1, -0.05) is 23.7 Å². The van der Waals surface area contributed by atoms with Crippen LogP contribution < -0.4 is 15.4 Å². The molecule has 2 N–H and O–H groups in total. The number of ether oxygens (including phenoxy) is 2. The van der Waals surface area contributed by atoms with Crippen molar-refractivity contribution < 1.29 is 9.47 Å². The fourth-order valence-corrected chi connectivity index (χ4v) is 2.35. The summed E-state index contributed by atoms with van der Waals surface area (Å²) >= 11 is 5.88. The number of hydrogen-bond donors (Lipinski definition) is 1. The number of anilines is 2. The molecule has 0 atom stereocenters. The van der Waals surface area contributed by atoms with Crippen molar-refractivity contribution in [3.05, 3.63) is 41.0 Å². The van der Waals surface area contributed by atoms with Gasteiger partial charge in [-0.3, -0.25) is 0 Å². The van der Waals surface area contributed by atoms with Gasteiger partial charge in [0.15, 0.2) is 11.6 Å². The maximum absolute atomic E-state index is 5.88. The fourth-order valence-electron chi connectivity index (χ4n) is 2.22. The van der Waals surface area contributed by atoms with Crippen LogP contribution in [0.25, 0.3) is 0 Å². The number of benzene rings is 1. The summed E-state index contributed by atoms with van der Waals surface area (Å²) in [7, 11) is 0. The van der Waals surface area contributed by atoms with Crippen LogP contribution in [0, 0.1) is 0 Å². The Morgan fingerprint density at radius 1 is 1.23 bits per heavy atom. The molecular weight excluding hydrogens is 304 g/mol. The number of rotatable bonds is 4. The number of nitrogen functional groups attached to an aromatic ring is 1. The van der Waals surface area contributed by atoms with Gasteiger partial charge in [0, 0.05) is 18.1 Å². The number of halogens is 1. The Morgan fingerprint density at radius 3 is 2.68 bits per heavy atom. The third-order valence-corrected chi connectivity index (χ3v) is 3.63. The lowest BCUT2D eigenvalue weighted by atomic mass is 10.2. The van der Waals surface area contributed by atoms with Crippen molar-refractivity contribution in [3.63, 3.8) is 0 Å². The SMILES string of the molecule is Nc1ncc(OCc2ccc(Cl)cc2)c(N2CCOCC2)n1. The Hall–Kier alpha value is -2.05. The van der Waals surface area contributed by atoms with Crippen molar-refractivity contribution in [1.29, 1.82) is 0 Å². The molecule has 1 fully saturated rings. The zero-order valence-electron chi connectivity index (χ0n) is 12.0. The molecule has 3 rings (SSSR count). The lowest BCUT2D eigenvalue weighted by Crippen LogP contribution is -2.37. The molecule has 116 valence electrons. The van der Waals surface area contributed by atoms with E-state index in [1.807, 2.05) is 24.3 Å². The van der Waals surface area contributed by atoms with Crippen LogP contribution in [0.3, 0.4) is 0 Å². The Labute approximate surface area is 133 Å². The first-order valence-electron chi connectivity index (χ1n) is 7.05. The smallest absolute Gasteiger partial charge is 0.222 e. The van der Waals surface area contributed by atoms with E-state index >= 15 is 0 Å². The second-order valence-corrected chi connectivity index (χ2v) is 5.37. The van der Waals surface area contributed by atoms with Crippen LogP contribution in [-0.4, -0.2) is 36.3 Å². The third-order valence-electron chi connectivity index (χ3n) is 3.37. The van der Waals surface area contributed by atoms with Gasteiger partial charge < -0.3 is 20.1 Å². The standard InChI is InChI=1S/C15H17ClN4O2/c16-12-3-1-11(2-4-12)10-22-13-9-18-15(17)19-14(13)20-5-7-21-8-6-20/h1-4,9H,5-8,10H2,(H2,17,18,19). The molecule has 22 heavy (non-hydrogen) atoms. The third kappa shape index (κ3) is 3.58. The largest absolute Gasteiger partial charge is 0.483 e. The second kappa shape index (κ2) is 6.81. The van der Waals surface area contributed by atoms with E-state index in [2.05, 4.69) is 14.9 Å². The molecule has 0 spiro atoms. The Kier molecular flexibility index (Phi) is 4.60. The zero-order chi connectivity index (χ0) is 15.4. The van der Waals surface area contributed by atoms with Gasteiger partial charge in [0.25, 0.3) is 0 Å². The Morgan fingerprint density at radius 2 is 1.95 bits per heavy atom. The van der Waals surface area contributed by atoms with E-state index in [0.717, 1.165) is 18.7 Å². The van der Waals surface area contributed by atoms with Crippen molar-refractivity contribution in [2.75, 3.05) is 36.9 Å². The molecule has 0 unspecified atom stereocenters. The lowest BCUT2D eigenvalue weighted by Gasteiger charge is -2.29. The van der Waals surface area contributed by atoms with E-state index < -0.39 is 0 Å². The normalized spacial score (nSPS) is 14.9. The molecule has 1 aliphatic rings. The van der Waals surface area contributed by atoms with Gasteiger partial charge in [-0.25, -0.2) is 4.98 Å². The first kappa shape index (κ1) is 14.9. The lowest BCUT2D eigenvalue weighted by molar-refractivity contribution is 0.122. The summed E-state index contributed by atoms with van der Waals surface area (Å²) in [5.41, 5.74) is 6.73. The zero-order valence-corrected chi connectivity index (χ0v) is 12.8. The highest BCUT2D eigenvalue weighted by Gasteiger charge is 2.18. The first-order valence-corrected chi connectivity index (χ1v) is 7.42. The maximum atomic E-state index is 5.88. The number of nitrogens with two attached hydrogens (primary N) is 1. The van der Waals surface area contributed by atoms with E-state index in [0.29, 0.717) is 36.4 Å². The van der Waals surface area contributed by atoms with Gasteiger partial charge in [0.1, 0.15) is 6.61 Å². The molecule has 1 aromatic heterocycles. The molecule has 0 bridgehead atoms. The molecule has 0 amide bonds. The van der Waals surface area contributed by atoms with E-state index in [1.54, 1.807) is 6.20 Å². The molecule has 1 aromatic carbocycles. The number of morpholine rings is 1. The van der Waals surface area contributed by atoms with Crippen molar-refractivity contribution in [2.45, 2.75) is 6.61 Å². The molecule has 6 nitrogen and oxygen atoms in total. The quantitative estimate of drug-likeness (QED) is 0.930. The summed E-state index contributed by atoms with van der Waals surface area (Å²) in [6, 6.07) is 7.52. The minimum absolute atomic E-state index is 0.236. The molecular formula is C15H17ClN4O2. The van der Waals surface area contributed by atoms with Gasteiger partial charge in [0.05, 0.1) is 19.4 Å². The van der Waals surface area contributed by atoms with Crippen molar-refractivity contribution >= 4 is 23.4 Å². The van der Waals surface area contributed by atoms with Gasteiger partial charge in [-0.2, -0.15) is 4.98 Å². The van der Waals surface area contributed by atoms with Crippen LogP contribution >= 0.6 is 11.6 Å². The highest BCUT2D eigenvalue weighted by molar-refractivity contribution is 6.30. The van der Waals surface area contributed by atoms with Gasteiger partial charge >= 0.3 is 0 Å². The summed E-state index contributed by atoms with van der Waals surface area (Å²) in [5, 5.41) is 0.702. The summed E-state index contributed by atoms with van der Waals surface area (Å²) in [6.07, 6.45) is 1.61. The summed E-state index contributed by atoms with van der Waals surface area (Å²) in [5.74, 6) is 1.57. The van der Waals surface area contributed by atoms with Crippen LogP contribution in [0.4, 0.5) is 11.8 Å². The van der Waals surface area contributed by atoms with Crippen LogP contribution in [0.2, 0.25) is 5.02 Å². The topological polar surface area (TPSA) is 73.5 Å². The number of aromatic nitrogens is 2. The Bertz CT molecular complexity index is 630. The predicted octanol–water partition coefficient (Wildman–Crippen LogP) is 2.13. The van der Waals surface area contributed by atoms with Crippen LogP contribution in [0.15, 0.2) is 30.5 Å². The number of nitrogens with zero attached hydrogens (tertiary/aromatic N) is 3. The summed E-state index contributed by atoms with van der Waals surface area (Å²) in [6.45, 7) is 3.27. The fraction of sp³-hybridized carbons (Fsp3) is 0.333. The van der Waals surface area contributed by atoms with Crippen LogP contribution in [0.1, 0.15) is 5.56 Å². The molecule has 0 saturated carbocycles. The molecule has 0 radical (unpaired) electrons. The van der Waals surface area contributed by atoms with Crippen LogP contribution in [0.5, 0.6) is 5.75 Å². The Balaban J connectivity index is 1.76. The predicted molar refractivity (Wildman–Crippen MR) is 85.3 cm³/mol. The minimum Gasteiger partial charge on any atom is -0.483 e. The van der Waals surface area contributed by atoms with Crippen molar-refractivity contribution in [1.82, 2.24) is 9.97 Å². The molecule has 1 aliphatic heterocycles. The summed E-state index contributed by atoms with van der Waals surface area (Å²) in [4.78, 5) is 10.4. The van der Waals surface area contributed by atoms with Crippen LogP contribution in [-0.2, 0) is 11.3 Å². The van der Waals surface area contributed by atoms with Crippen molar-refractivity contribution in [2.24, 2.45) is 0 Å². The molecule has 1 saturated heterocycles. The minimum atomic E-state index is 0.236. The van der Waals surface area contributed by atoms with Gasteiger partial charge in [0.2, 0.25) is 5.95 Å². The average Bonchev–Trinajstić information content (AvgIpc) is 2.56. The molecule has 7 heteroatoms. The van der Waals surface area contributed by atoms with Crippen molar-refractivity contribution in [3.8, 4) is 5.75 Å². The monoisotopic (exact) mass is 320 g/mol. The molecule has 0 aliphatic carbocycles. The van der Waals surface area contributed by atoms with Gasteiger partial charge in [-0.05, 0) is 17.7 Å². The van der Waals surface area contributed by atoms with E-state index in [9.17, 15) is 0 Å². The average molecular weight is 321 g/mol. The number of hydrogen-bond acceptors (Lipinski definition) is 6. The van der Waals surface area contributed by atoms with E-state index in [1.165, 1.54) is 0 Å². The van der Waals surface area contributed by atoms with Gasteiger partial charge in [-0.15, -0.1) is 0 Å². The molecule has 2 aromatic rings. The first-order chi connectivity index (χ1) is 10.7. The maximum Gasteiger partial charge on any atom is 0.222 e. The molecule has 2 heterocycles. The summed E-state index contributed by atoms with van der Waals surface area (Å²) < 4.78 is 11.2. The highest BCUT2D eigenvalue weighted by atomic mass is 35.5. The second-order valence-electron chi connectivity index (χ2n) is 4.93. The van der Waals surface area contributed by atoms with E-state index in [4.69, 9.17) is 26.8 Å².